The first-order valence-corrected chi connectivity index (χ1v) is 31.2. The van der Waals surface area contributed by atoms with E-state index in [4.69, 9.17) is 28.8 Å². The Kier molecular flexibility index (Phi) is 10.8. The minimum absolute atomic E-state index is 0.551. The van der Waals surface area contributed by atoms with Gasteiger partial charge in [-0.1, -0.05) is 243 Å². The lowest BCUT2D eigenvalue weighted by Crippen LogP contribution is -1.98. The molecule has 6 nitrogen and oxygen atoms in total. The zero-order valence-electron chi connectivity index (χ0n) is 49.3. The first-order valence-electron chi connectivity index (χ1n) is 31.2. The maximum atomic E-state index is 6.81. The minimum Gasteiger partial charge on any atom is -0.435 e. The van der Waals surface area contributed by atoms with Crippen molar-refractivity contribution < 1.29 is 8.83 Å². The van der Waals surface area contributed by atoms with Gasteiger partial charge in [0, 0.05) is 54.7 Å². The molecule has 0 fully saturated rings. The van der Waals surface area contributed by atoms with Gasteiger partial charge in [-0.05, 0) is 151 Å². The van der Waals surface area contributed by atoms with E-state index in [2.05, 4.69) is 291 Å². The van der Waals surface area contributed by atoms with E-state index in [0.717, 1.165) is 126 Å². The lowest BCUT2D eigenvalue weighted by atomic mass is 9.88. The third kappa shape index (κ3) is 7.55. The summed E-state index contributed by atoms with van der Waals surface area (Å²) >= 11 is 0. The molecule has 20 rings (SSSR count). The lowest BCUT2D eigenvalue weighted by molar-refractivity contribution is 0.622. The van der Waals surface area contributed by atoms with Crippen LogP contribution in [0.1, 0.15) is 0 Å². The molecule has 0 bridgehead atoms. The van der Waals surface area contributed by atoms with Crippen molar-refractivity contribution in [2.75, 3.05) is 0 Å². The van der Waals surface area contributed by atoms with Crippen molar-refractivity contribution in [1.29, 1.82) is 0 Å². The molecule has 92 heavy (non-hydrogen) atoms. The molecule has 0 aliphatic rings. The zero-order valence-corrected chi connectivity index (χ0v) is 49.3. The van der Waals surface area contributed by atoms with Gasteiger partial charge in [0.05, 0.1) is 11.2 Å². The highest BCUT2D eigenvalue weighted by Crippen LogP contribution is 2.46. The Morgan fingerprint density at radius 2 is 0.489 bits per heavy atom. The number of aromatic nitrogens is 4. The zero-order chi connectivity index (χ0) is 60.1. The van der Waals surface area contributed by atoms with Crippen LogP contribution in [0.3, 0.4) is 0 Å². The van der Waals surface area contributed by atoms with E-state index in [0.29, 0.717) is 17.6 Å². The van der Waals surface area contributed by atoms with Gasteiger partial charge in [-0.25, -0.2) is 19.9 Å². The van der Waals surface area contributed by atoms with Gasteiger partial charge in [-0.15, -0.1) is 0 Å². The molecule has 0 aliphatic carbocycles. The molecule has 0 radical (unpaired) electrons. The first kappa shape index (κ1) is 50.6. The maximum absolute atomic E-state index is 6.81. The van der Waals surface area contributed by atoms with E-state index in [1.54, 1.807) is 0 Å². The van der Waals surface area contributed by atoms with Gasteiger partial charge in [0.2, 0.25) is 11.8 Å². The van der Waals surface area contributed by atoms with Crippen LogP contribution in [0.4, 0.5) is 0 Å². The molecule has 0 saturated heterocycles. The summed E-state index contributed by atoms with van der Waals surface area (Å²) in [5.41, 5.74) is 12.6. The van der Waals surface area contributed by atoms with Gasteiger partial charge in [0.25, 0.3) is 0 Å². The van der Waals surface area contributed by atoms with Gasteiger partial charge in [-0.2, -0.15) is 0 Å². The Bertz CT molecular complexity index is 6350. The SMILES string of the molecule is c1ccc2c(c1)c1ccccc1c1cc(-c3cc(-c4ccc5c6ccccc6c6ccccc6c5c4)c4nc(-c5ccc(-c6nc7c8ccccc8c8ccccc8c7o6)cc5)nc(-c5ccc(-c6nc7c8ccccc8c8ccccc8c7o6)cc5)c4c3)ccc21. The van der Waals surface area contributed by atoms with E-state index in [9.17, 15) is 0 Å². The fraction of sp³-hybridized carbons (Fsp3) is 0. The second-order valence-corrected chi connectivity index (χ2v) is 24.2. The van der Waals surface area contributed by atoms with Crippen LogP contribution in [-0.4, -0.2) is 19.9 Å². The van der Waals surface area contributed by atoms with Crippen molar-refractivity contribution in [3.63, 3.8) is 0 Å². The van der Waals surface area contributed by atoms with Crippen LogP contribution in [-0.2, 0) is 0 Å². The van der Waals surface area contributed by atoms with Crippen LogP contribution < -0.4 is 0 Å². The average Bonchev–Trinajstić information content (AvgIpc) is 1.03. The smallest absolute Gasteiger partial charge is 0.227 e. The van der Waals surface area contributed by atoms with Gasteiger partial charge in [0.1, 0.15) is 11.0 Å². The molecule has 0 unspecified atom stereocenters. The predicted octanol–water partition coefficient (Wildman–Crippen LogP) is 23.4. The summed E-state index contributed by atoms with van der Waals surface area (Å²) in [6, 6.07) is 104. The molecule has 3 aromatic heterocycles. The quantitative estimate of drug-likeness (QED) is 0.154. The molecule has 20 aromatic rings. The summed E-state index contributed by atoms with van der Waals surface area (Å²) in [6.07, 6.45) is 0. The summed E-state index contributed by atoms with van der Waals surface area (Å²) < 4.78 is 13.6. The van der Waals surface area contributed by atoms with Crippen molar-refractivity contribution in [1.82, 2.24) is 19.9 Å². The van der Waals surface area contributed by atoms with Gasteiger partial charge in [-0.3, -0.25) is 0 Å². The van der Waals surface area contributed by atoms with Crippen LogP contribution in [0.2, 0.25) is 0 Å². The van der Waals surface area contributed by atoms with Crippen molar-refractivity contribution in [2.24, 2.45) is 0 Å². The highest BCUT2D eigenvalue weighted by molar-refractivity contribution is 6.28. The molecule has 17 aromatic carbocycles. The van der Waals surface area contributed by atoms with E-state index >= 15 is 0 Å². The number of hydrogen-bond donors (Lipinski definition) is 0. The molecule has 0 N–H and O–H groups in total. The normalized spacial score (nSPS) is 12.1. The summed E-state index contributed by atoms with van der Waals surface area (Å²) in [5, 5.41) is 24.3. The number of benzene rings is 17. The summed E-state index contributed by atoms with van der Waals surface area (Å²) in [5.74, 6) is 1.69. The van der Waals surface area contributed by atoms with E-state index < -0.39 is 0 Å². The van der Waals surface area contributed by atoms with E-state index in [1.807, 2.05) is 0 Å². The Morgan fingerprint density at radius 1 is 0.185 bits per heavy atom. The number of rotatable bonds is 6. The molecule has 0 saturated carbocycles. The number of oxazole rings is 2. The van der Waals surface area contributed by atoms with Crippen LogP contribution >= 0.6 is 0 Å². The highest BCUT2D eigenvalue weighted by Gasteiger charge is 2.23. The van der Waals surface area contributed by atoms with Crippen LogP contribution in [0, 0.1) is 0 Å². The minimum atomic E-state index is 0.551. The third-order valence-electron chi connectivity index (χ3n) is 19.3. The second kappa shape index (κ2) is 19.6. The predicted molar refractivity (Wildman–Crippen MR) is 382 cm³/mol. The largest absolute Gasteiger partial charge is 0.435 e. The molecule has 3 heterocycles. The molecule has 0 aliphatic heterocycles. The van der Waals surface area contributed by atoms with E-state index in [-0.39, 0.29) is 0 Å². The Hall–Kier alpha value is -12.4. The molecule has 0 spiro atoms. The highest BCUT2D eigenvalue weighted by atomic mass is 16.4. The van der Waals surface area contributed by atoms with Gasteiger partial charge in [0.15, 0.2) is 17.0 Å². The van der Waals surface area contributed by atoms with Crippen molar-refractivity contribution in [2.45, 2.75) is 0 Å². The lowest BCUT2D eigenvalue weighted by Gasteiger charge is -2.17. The summed E-state index contributed by atoms with van der Waals surface area (Å²) in [4.78, 5) is 21.8. The van der Waals surface area contributed by atoms with Crippen LogP contribution in [0.25, 0.3) is 209 Å². The molecule has 0 atom stereocenters. The molecular formula is C86H48N4O2. The molecule has 0 amide bonds. The first-order chi connectivity index (χ1) is 45.6. The Labute approximate surface area is 525 Å². The van der Waals surface area contributed by atoms with Crippen LogP contribution in [0.5, 0.6) is 0 Å². The fourth-order valence-corrected chi connectivity index (χ4v) is 15.0. The standard InChI is InChI=1S/C86H48N4O2/c1-3-21-60-56(17-1)58-19-5-7-27-66(58)75-45-53(41-43-68(60)75)55-47-74(54-42-44-69-61-22-4-2-18-57(61)59-20-6-8-28-67(59)76(69)46-54)79-77(48-55)78(49-33-37-51(38-34-49)85-89-80-70-29-13-9-23-62(70)64-25-11-15-31-72(64)82(80)91-85)87-84(88-79)50-35-39-52(40-36-50)86-90-81-71-30-14-10-24-63(71)65-26-12-16-32-73(65)83(81)92-86/h1-48H. The van der Waals surface area contributed by atoms with Crippen molar-refractivity contribution in [3.8, 4) is 67.8 Å². The van der Waals surface area contributed by atoms with Gasteiger partial charge < -0.3 is 8.83 Å². The number of hydrogen-bond acceptors (Lipinski definition) is 6. The number of fused-ring (bicyclic) bond motifs is 25. The number of nitrogens with zero attached hydrogens (tertiary/aromatic N) is 4. The van der Waals surface area contributed by atoms with Crippen molar-refractivity contribution in [3.05, 3.63) is 291 Å². The molecule has 6 heteroatoms. The van der Waals surface area contributed by atoms with Gasteiger partial charge >= 0.3 is 0 Å². The Balaban J connectivity index is 0.823. The van der Waals surface area contributed by atoms with Crippen LogP contribution in [0.15, 0.2) is 300 Å². The fourth-order valence-electron chi connectivity index (χ4n) is 15.0. The van der Waals surface area contributed by atoms with E-state index in [1.165, 1.54) is 64.6 Å². The van der Waals surface area contributed by atoms with Crippen molar-refractivity contribution >= 4 is 141 Å². The molecular weight excluding hydrogens is 1120 g/mol. The molecule has 424 valence electrons. The summed E-state index contributed by atoms with van der Waals surface area (Å²) in [7, 11) is 0. The monoisotopic (exact) mass is 1170 g/mol. The Morgan fingerprint density at radius 3 is 0.924 bits per heavy atom. The topological polar surface area (TPSA) is 77.8 Å². The summed E-state index contributed by atoms with van der Waals surface area (Å²) in [6.45, 7) is 0. The maximum Gasteiger partial charge on any atom is 0.227 e. The average molecular weight is 1170 g/mol. The third-order valence-corrected chi connectivity index (χ3v) is 19.3. The second-order valence-electron chi connectivity index (χ2n) is 24.2.